The second kappa shape index (κ2) is 6.18. The normalized spacial score (nSPS) is 24.4. The first-order chi connectivity index (χ1) is 8.69. The van der Waals surface area contributed by atoms with Gasteiger partial charge in [-0.3, -0.25) is 0 Å². The van der Waals surface area contributed by atoms with Crippen molar-refractivity contribution in [2.45, 2.75) is 45.1 Å². The summed E-state index contributed by atoms with van der Waals surface area (Å²) in [5.74, 6) is 1.71. The van der Waals surface area contributed by atoms with Crippen molar-refractivity contribution in [3.63, 3.8) is 0 Å². The van der Waals surface area contributed by atoms with E-state index in [2.05, 4.69) is 32.5 Å². The van der Waals surface area contributed by atoms with Gasteiger partial charge in [-0.2, -0.15) is 15.0 Å². The molecule has 1 aliphatic rings. The summed E-state index contributed by atoms with van der Waals surface area (Å²) in [4.78, 5) is 12.4. The molecule has 1 aromatic rings. The molecule has 1 fully saturated rings. The molecule has 0 aliphatic heterocycles. The number of halogens is 1. The van der Waals surface area contributed by atoms with Crippen LogP contribution in [0.1, 0.15) is 39.0 Å². The number of hydrogen-bond donors (Lipinski definition) is 2. The second-order valence-corrected chi connectivity index (χ2v) is 5.21. The molecule has 18 heavy (non-hydrogen) atoms. The third kappa shape index (κ3) is 3.45. The minimum atomic E-state index is 0.220. The fourth-order valence-electron chi connectivity index (χ4n) is 2.40. The van der Waals surface area contributed by atoms with Crippen LogP contribution in [-0.4, -0.2) is 28.0 Å². The zero-order valence-electron chi connectivity index (χ0n) is 10.9. The SMILES string of the molecule is CNc1nc(Cl)nc(NC2CCCCCC2C)n1. The highest BCUT2D eigenvalue weighted by Crippen LogP contribution is 2.25. The first-order valence-corrected chi connectivity index (χ1v) is 6.92. The summed E-state index contributed by atoms with van der Waals surface area (Å²) in [5, 5.41) is 6.50. The van der Waals surface area contributed by atoms with Crippen molar-refractivity contribution in [1.29, 1.82) is 0 Å². The van der Waals surface area contributed by atoms with Crippen molar-refractivity contribution in [3.8, 4) is 0 Å². The Morgan fingerprint density at radius 3 is 2.56 bits per heavy atom. The van der Waals surface area contributed by atoms with E-state index in [1.807, 2.05) is 0 Å². The summed E-state index contributed by atoms with van der Waals surface area (Å²) < 4.78 is 0. The minimum absolute atomic E-state index is 0.220. The quantitative estimate of drug-likeness (QED) is 0.826. The van der Waals surface area contributed by atoms with Gasteiger partial charge in [-0.1, -0.05) is 26.2 Å². The van der Waals surface area contributed by atoms with Gasteiger partial charge in [0.15, 0.2) is 0 Å². The van der Waals surface area contributed by atoms with Crippen LogP contribution in [0.5, 0.6) is 0 Å². The Hall–Kier alpha value is -1.10. The largest absolute Gasteiger partial charge is 0.357 e. The summed E-state index contributed by atoms with van der Waals surface area (Å²) in [6, 6.07) is 0.427. The molecule has 0 saturated heterocycles. The lowest BCUT2D eigenvalue weighted by molar-refractivity contribution is 0.454. The number of rotatable bonds is 3. The summed E-state index contributed by atoms with van der Waals surface area (Å²) in [5.41, 5.74) is 0. The van der Waals surface area contributed by atoms with Crippen LogP contribution in [0.25, 0.3) is 0 Å². The summed E-state index contributed by atoms with van der Waals surface area (Å²) in [6.07, 6.45) is 6.33. The number of anilines is 2. The van der Waals surface area contributed by atoms with E-state index in [4.69, 9.17) is 11.6 Å². The van der Waals surface area contributed by atoms with Crippen molar-refractivity contribution in [3.05, 3.63) is 5.28 Å². The molecule has 5 nitrogen and oxygen atoms in total. The average molecular weight is 270 g/mol. The molecule has 0 bridgehead atoms. The van der Waals surface area contributed by atoms with E-state index in [9.17, 15) is 0 Å². The molecule has 0 radical (unpaired) electrons. The predicted octanol–water partition coefficient (Wildman–Crippen LogP) is 2.95. The van der Waals surface area contributed by atoms with E-state index in [1.165, 1.54) is 32.1 Å². The van der Waals surface area contributed by atoms with E-state index in [-0.39, 0.29) is 5.28 Å². The Kier molecular flexibility index (Phi) is 4.58. The predicted molar refractivity (Wildman–Crippen MR) is 74.0 cm³/mol. The molecular formula is C12H20ClN5. The highest BCUT2D eigenvalue weighted by Gasteiger charge is 2.20. The molecule has 1 aliphatic carbocycles. The van der Waals surface area contributed by atoms with E-state index in [0.29, 0.717) is 23.9 Å². The van der Waals surface area contributed by atoms with Crippen LogP contribution in [0, 0.1) is 5.92 Å². The van der Waals surface area contributed by atoms with Crippen molar-refractivity contribution in [2.24, 2.45) is 5.92 Å². The first-order valence-electron chi connectivity index (χ1n) is 6.55. The zero-order valence-corrected chi connectivity index (χ0v) is 11.7. The van der Waals surface area contributed by atoms with Crippen LogP contribution in [0.15, 0.2) is 0 Å². The van der Waals surface area contributed by atoms with Gasteiger partial charge in [0.05, 0.1) is 0 Å². The monoisotopic (exact) mass is 269 g/mol. The second-order valence-electron chi connectivity index (χ2n) is 4.87. The van der Waals surface area contributed by atoms with Crippen molar-refractivity contribution < 1.29 is 0 Å². The molecule has 1 heterocycles. The average Bonchev–Trinajstić information content (AvgIpc) is 2.54. The van der Waals surface area contributed by atoms with Crippen molar-refractivity contribution in [1.82, 2.24) is 15.0 Å². The fourth-order valence-corrected chi connectivity index (χ4v) is 2.56. The lowest BCUT2D eigenvalue weighted by Crippen LogP contribution is -2.27. The third-order valence-corrected chi connectivity index (χ3v) is 3.68. The standard InChI is InChI=1S/C12H20ClN5/c1-8-6-4-3-5-7-9(8)15-12-17-10(13)16-11(14-2)18-12/h8-9H,3-7H2,1-2H3,(H2,14,15,16,17,18). The smallest absolute Gasteiger partial charge is 0.229 e. The molecule has 0 spiro atoms. The highest BCUT2D eigenvalue weighted by molar-refractivity contribution is 6.28. The number of hydrogen-bond acceptors (Lipinski definition) is 5. The van der Waals surface area contributed by atoms with Crippen LogP contribution in [0.3, 0.4) is 0 Å². The Morgan fingerprint density at radius 1 is 1.06 bits per heavy atom. The maximum atomic E-state index is 5.87. The van der Waals surface area contributed by atoms with E-state index in [1.54, 1.807) is 7.05 Å². The van der Waals surface area contributed by atoms with Crippen molar-refractivity contribution >= 4 is 23.5 Å². The van der Waals surface area contributed by atoms with E-state index >= 15 is 0 Å². The van der Waals surface area contributed by atoms with Gasteiger partial charge >= 0.3 is 0 Å². The number of aromatic nitrogens is 3. The van der Waals surface area contributed by atoms with E-state index in [0.717, 1.165) is 0 Å². The molecular weight excluding hydrogens is 250 g/mol. The molecule has 2 rings (SSSR count). The molecule has 0 amide bonds. The van der Waals surface area contributed by atoms with Gasteiger partial charge in [-0.15, -0.1) is 0 Å². The topological polar surface area (TPSA) is 62.7 Å². The lowest BCUT2D eigenvalue weighted by Gasteiger charge is -2.22. The Balaban J connectivity index is 2.09. The van der Waals surface area contributed by atoms with E-state index < -0.39 is 0 Å². The summed E-state index contributed by atoms with van der Waals surface area (Å²) in [6.45, 7) is 2.28. The molecule has 6 heteroatoms. The lowest BCUT2D eigenvalue weighted by atomic mass is 9.97. The molecule has 100 valence electrons. The van der Waals surface area contributed by atoms with Crippen LogP contribution in [0.2, 0.25) is 5.28 Å². The minimum Gasteiger partial charge on any atom is -0.357 e. The zero-order chi connectivity index (χ0) is 13.0. The number of nitrogens with zero attached hydrogens (tertiary/aromatic N) is 3. The van der Waals surface area contributed by atoms with Gasteiger partial charge < -0.3 is 10.6 Å². The Labute approximate surface area is 113 Å². The maximum absolute atomic E-state index is 5.87. The molecule has 2 unspecified atom stereocenters. The van der Waals surface area contributed by atoms with Gasteiger partial charge in [0.1, 0.15) is 0 Å². The van der Waals surface area contributed by atoms with Crippen LogP contribution in [-0.2, 0) is 0 Å². The summed E-state index contributed by atoms with van der Waals surface area (Å²) in [7, 11) is 1.77. The van der Waals surface area contributed by atoms with Gasteiger partial charge in [0.25, 0.3) is 0 Å². The third-order valence-electron chi connectivity index (χ3n) is 3.51. The van der Waals surface area contributed by atoms with Gasteiger partial charge in [-0.25, -0.2) is 0 Å². The molecule has 0 aromatic carbocycles. The van der Waals surface area contributed by atoms with Crippen LogP contribution >= 0.6 is 11.6 Å². The van der Waals surface area contributed by atoms with Gasteiger partial charge in [0, 0.05) is 13.1 Å². The highest BCUT2D eigenvalue weighted by atomic mass is 35.5. The molecule has 2 N–H and O–H groups in total. The van der Waals surface area contributed by atoms with Crippen LogP contribution < -0.4 is 10.6 Å². The van der Waals surface area contributed by atoms with Crippen LogP contribution in [0.4, 0.5) is 11.9 Å². The molecule has 1 aromatic heterocycles. The molecule has 1 saturated carbocycles. The van der Waals surface area contributed by atoms with Gasteiger partial charge in [-0.05, 0) is 30.4 Å². The maximum Gasteiger partial charge on any atom is 0.229 e. The Bertz CT molecular complexity index is 398. The summed E-state index contributed by atoms with van der Waals surface area (Å²) >= 11 is 5.87. The number of nitrogens with one attached hydrogen (secondary N) is 2. The van der Waals surface area contributed by atoms with Crippen molar-refractivity contribution in [2.75, 3.05) is 17.7 Å². The fraction of sp³-hybridized carbons (Fsp3) is 0.750. The Morgan fingerprint density at radius 2 is 1.78 bits per heavy atom. The molecule has 2 atom stereocenters. The first kappa shape index (κ1) is 13.3. The van der Waals surface area contributed by atoms with Gasteiger partial charge in [0.2, 0.25) is 17.2 Å².